The highest BCUT2D eigenvalue weighted by Gasteiger charge is 2.43. The molecule has 98 valence electrons. The molecule has 0 atom stereocenters. The van der Waals surface area contributed by atoms with Crippen molar-refractivity contribution in [1.29, 1.82) is 0 Å². The second-order valence-electron chi connectivity index (χ2n) is 4.61. The lowest BCUT2D eigenvalue weighted by molar-refractivity contribution is -0.144. The van der Waals surface area contributed by atoms with E-state index in [9.17, 15) is 14.7 Å². The molecule has 2 rings (SSSR count). The summed E-state index contributed by atoms with van der Waals surface area (Å²) in [6.45, 7) is 1.82. The molecule has 0 bridgehead atoms. The third kappa shape index (κ3) is 2.24. The molecule has 0 saturated heterocycles. The van der Waals surface area contributed by atoms with Crippen molar-refractivity contribution >= 4 is 34.8 Å². The molecular formula is C12H14ClNO3S. The van der Waals surface area contributed by atoms with Gasteiger partial charge in [-0.25, -0.2) is 4.79 Å². The van der Waals surface area contributed by atoms with Gasteiger partial charge in [-0.3, -0.25) is 4.79 Å². The fraction of sp³-hybridized carbons (Fsp3) is 0.500. The summed E-state index contributed by atoms with van der Waals surface area (Å²) in [5, 5.41) is 14.1. The van der Waals surface area contributed by atoms with E-state index in [1.165, 1.54) is 11.3 Å². The largest absolute Gasteiger partial charge is 0.480 e. The predicted molar refractivity (Wildman–Crippen MR) is 70.4 cm³/mol. The SMILES string of the molecule is Cc1csc(C(=O)NC2(C(=O)O)CCCC2)c1Cl. The molecule has 2 N–H and O–H groups in total. The zero-order valence-corrected chi connectivity index (χ0v) is 11.5. The number of aryl methyl sites for hydroxylation is 1. The number of nitrogens with one attached hydrogen (secondary N) is 1. The van der Waals surface area contributed by atoms with Crippen LogP contribution in [0.5, 0.6) is 0 Å². The Bertz CT molecular complexity index is 492. The second-order valence-corrected chi connectivity index (χ2v) is 5.87. The standard InChI is InChI=1S/C12H14ClNO3S/c1-7-6-18-9(8(7)13)10(15)14-12(11(16)17)4-2-3-5-12/h6H,2-5H2,1H3,(H,14,15)(H,16,17). The van der Waals surface area contributed by atoms with Gasteiger partial charge in [-0.05, 0) is 30.7 Å². The molecule has 0 aromatic carbocycles. The van der Waals surface area contributed by atoms with Crippen molar-refractivity contribution in [2.45, 2.75) is 38.1 Å². The summed E-state index contributed by atoms with van der Waals surface area (Å²) in [6, 6.07) is 0. The van der Waals surface area contributed by atoms with Crippen molar-refractivity contribution in [2.75, 3.05) is 0 Å². The highest BCUT2D eigenvalue weighted by atomic mass is 35.5. The van der Waals surface area contributed by atoms with Gasteiger partial charge in [0, 0.05) is 0 Å². The van der Waals surface area contributed by atoms with Gasteiger partial charge >= 0.3 is 5.97 Å². The maximum absolute atomic E-state index is 12.1. The molecule has 0 radical (unpaired) electrons. The van der Waals surface area contributed by atoms with Crippen LogP contribution in [0.25, 0.3) is 0 Å². The van der Waals surface area contributed by atoms with Crippen LogP contribution < -0.4 is 5.32 Å². The van der Waals surface area contributed by atoms with E-state index in [-0.39, 0.29) is 5.91 Å². The number of carbonyl (C=O) groups excluding carboxylic acids is 1. The number of aliphatic carboxylic acids is 1. The summed E-state index contributed by atoms with van der Waals surface area (Å²) in [5.41, 5.74) is -0.277. The van der Waals surface area contributed by atoms with Crippen LogP contribution in [0, 0.1) is 6.92 Å². The van der Waals surface area contributed by atoms with Crippen LogP contribution in [-0.2, 0) is 4.79 Å². The quantitative estimate of drug-likeness (QED) is 0.898. The van der Waals surface area contributed by atoms with Gasteiger partial charge in [0.15, 0.2) is 0 Å². The number of hydrogen-bond donors (Lipinski definition) is 2. The van der Waals surface area contributed by atoms with Crippen molar-refractivity contribution in [2.24, 2.45) is 0 Å². The number of carboxylic acids is 1. The third-order valence-corrected chi connectivity index (χ3v) is 5.02. The Kier molecular flexibility index (Phi) is 3.64. The Hall–Kier alpha value is -1.07. The van der Waals surface area contributed by atoms with E-state index < -0.39 is 11.5 Å². The lowest BCUT2D eigenvalue weighted by Gasteiger charge is -2.25. The molecule has 18 heavy (non-hydrogen) atoms. The molecular weight excluding hydrogens is 274 g/mol. The summed E-state index contributed by atoms with van der Waals surface area (Å²) in [6.07, 6.45) is 2.61. The van der Waals surface area contributed by atoms with E-state index in [2.05, 4.69) is 5.32 Å². The molecule has 1 aliphatic rings. The number of hydrogen-bond acceptors (Lipinski definition) is 3. The molecule has 1 aromatic heterocycles. The van der Waals surface area contributed by atoms with Crippen LogP contribution in [0.3, 0.4) is 0 Å². The van der Waals surface area contributed by atoms with Gasteiger partial charge in [0.25, 0.3) is 5.91 Å². The second kappa shape index (κ2) is 4.90. The van der Waals surface area contributed by atoms with Crippen LogP contribution in [0.2, 0.25) is 5.02 Å². The van der Waals surface area contributed by atoms with Crippen LogP contribution in [0.4, 0.5) is 0 Å². The van der Waals surface area contributed by atoms with Crippen molar-refractivity contribution in [3.63, 3.8) is 0 Å². The molecule has 1 saturated carbocycles. The summed E-state index contributed by atoms with van der Waals surface area (Å²) in [7, 11) is 0. The summed E-state index contributed by atoms with van der Waals surface area (Å²) in [5.74, 6) is -1.35. The summed E-state index contributed by atoms with van der Waals surface area (Å²) >= 11 is 7.26. The van der Waals surface area contributed by atoms with Gasteiger partial charge in [0.1, 0.15) is 10.4 Å². The molecule has 1 fully saturated rings. The topological polar surface area (TPSA) is 66.4 Å². The summed E-state index contributed by atoms with van der Waals surface area (Å²) in [4.78, 5) is 23.8. The fourth-order valence-corrected chi connectivity index (χ4v) is 3.40. The minimum Gasteiger partial charge on any atom is -0.480 e. The van der Waals surface area contributed by atoms with Crippen LogP contribution in [-0.4, -0.2) is 22.5 Å². The average molecular weight is 288 g/mol. The molecule has 1 heterocycles. The number of carboxylic acid groups (broad SMARTS) is 1. The predicted octanol–water partition coefficient (Wildman–Crippen LogP) is 2.84. The number of thiophene rings is 1. The van der Waals surface area contributed by atoms with Crippen molar-refractivity contribution in [3.8, 4) is 0 Å². The Balaban J connectivity index is 2.20. The Morgan fingerprint density at radius 3 is 2.50 bits per heavy atom. The first-order chi connectivity index (χ1) is 8.46. The Morgan fingerprint density at radius 1 is 1.44 bits per heavy atom. The molecule has 0 aliphatic heterocycles. The van der Waals surface area contributed by atoms with Gasteiger partial charge in [-0.1, -0.05) is 24.4 Å². The lowest BCUT2D eigenvalue weighted by Crippen LogP contribution is -2.52. The molecule has 4 nitrogen and oxygen atoms in total. The first kappa shape index (κ1) is 13.4. The molecule has 1 amide bonds. The number of carbonyl (C=O) groups is 2. The van der Waals surface area contributed by atoms with E-state index in [1.54, 1.807) is 5.38 Å². The average Bonchev–Trinajstić information content (AvgIpc) is 2.89. The van der Waals surface area contributed by atoms with E-state index in [4.69, 9.17) is 11.6 Å². The molecule has 0 unspecified atom stereocenters. The smallest absolute Gasteiger partial charge is 0.329 e. The van der Waals surface area contributed by atoms with Gasteiger partial charge in [-0.2, -0.15) is 0 Å². The highest BCUT2D eigenvalue weighted by molar-refractivity contribution is 7.13. The maximum atomic E-state index is 12.1. The van der Waals surface area contributed by atoms with E-state index in [0.717, 1.165) is 18.4 Å². The Morgan fingerprint density at radius 2 is 2.06 bits per heavy atom. The van der Waals surface area contributed by atoms with E-state index >= 15 is 0 Å². The zero-order chi connectivity index (χ0) is 13.3. The van der Waals surface area contributed by atoms with E-state index in [1.807, 2.05) is 6.92 Å². The van der Waals surface area contributed by atoms with Gasteiger partial charge in [0.05, 0.1) is 5.02 Å². The third-order valence-electron chi connectivity index (χ3n) is 3.32. The first-order valence-corrected chi connectivity index (χ1v) is 7.01. The van der Waals surface area contributed by atoms with Gasteiger partial charge in [0.2, 0.25) is 0 Å². The van der Waals surface area contributed by atoms with Gasteiger partial charge < -0.3 is 10.4 Å². The minimum atomic E-state index is -1.11. The zero-order valence-electron chi connectivity index (χ0n) is 9.96. The fourth-order valence-electron chi connectivity index (χ4n) is 2.23. The van der Waals surface area contributed by atoms with Gasteiger partial charge in [-0.15, -0.1) is 11.3 Å². The van der Waals surface area contributed by atoms with Crippen LogP contribution in [0.1, 0.15) is 40.9 Å². The first-order valence-electron chi connectivity index (χ1n) is 5.76. The van der Waals surface area contributed by atoms with Crippen LogP contribution in [0.15, 0.2) is 5.38 Å². The normalized spacial score (nSPS) is 17.7. The molecule has 1 aliphatic carbocycles. The van der Waals surface area contributed by atoms with Crippen LogP contribution >= 0.6 is 22.9 Å². The minimum absolute atomic E-state index is 0.387. The number of amides is 1. The van der Waals surface area contributed by atoms with E-state index in [0.29, 0.717) is 22.7 Å². The Labute approximate surface area is 114 Å². The number of halogens is 1. The maximum Gasteiger partial charge on any atom is 0.329 e. The van der Waals surface area contributed by atoms with Crippen molar-refractivity contribution < 1.29 is 14.7 Å². The monoisotopic (exact) mass is 287 g/mol. The van der Waals surface area contributed by atoms with Crippen molar-refractivity contribution in [1.82, 2.24) is 5.32 Å². The molecule has 0 spiro atoms. The van der Waals surface area contributed by atoms with Crippen molar-refractivity contribution in [3.05, 3.63) is 20.8 Å². The highest BCUT2D eigenvalue weighted by Crippen LogP contribution is 2.32. The number of rotatable bonds is 3. The summed E-state index contributed by atoms with van der Waals surface area (Å²) < 4.78 is 0. The molecule has 6 heteroatoms. The lowest BCUT2D eigenvalue weighted by atomic mass is 9.98. The molecule has 1 aromatic rings.